The molecule has 4 fully saturated rings. The summed E-state index contributed by atoms with van der Waals surface area (Å²) in [6.07, 6.45) is 1.71. The monoisotopic (exact) mass is 469 g/mol. The second-order valence-electron chi connectivity index (χ2n) is 10.5. The van der Waals surface area contributed by atoms with Crippen LogP contribution in [-0.2, 0) is 4.79 Å². The van der Waals surface area contributed by atoms with Crippen molar-refractivity contribution in [2.45, 2.75) is 62.8 Å². The molecule has 3 saturated heterocycles. The molecular weight excluding hydrogens is 443 g/mol. The van der Waals surface area contributed by atoms with Crippen molar-refractivity contribution in [3.05, 3.63) is 36.0 Å². The van der Waals surface area contributed by atoms with Crippen molar-refractivity contribution in [3.8, 4) is 6.07 Å². The van der Waals surface area contributed by atoms with Crippen LogP contribution in [0.15, 0.2) is 30.5 Å². The van der Waals surface area contributed by atoms with Crippen LogP contribution in [0, 0.1) is 22.2 Å². The van der Waals surface area contributed by atoms with E-state index in [2.05, 4.69) is 21.7 Å². The topological polar surface area (TPSA) is 81.0 Å². The average molecular weight is 470 g/mol. The van der Waals surface area contributed by atoms with Crippen LogP contribution < -0.4 is 15.5 Å². The van der Waals surface area contributed by atoms with Gasteiger partial charge in [0.15, 0.2) is 0 Å². The van der Waals surface area contributed by atoms with Gasteiger partial charge in [0, 0.05) is 48.5 Å². The fourth-order valence-corrected chi connectivity index (χ4v) is 6.82. The fraction of sp³-hybridized carbons (Fsp3) is 0.560. The highest BCUT2D eigenvalue weighted by Crippen LogP contribution is 2.75. The van der Waals surface area contributed by atoms with Crippen LogP contribution in [0.3, 0.4) is 0 Å². The molecule has 9 heteroatoms. The molecule has 0 radical (unpaired) electrons. The van der Waals surface area contributed by atoms with Gasteiger partial charge in [-0.15, -0.1) is 0 Å². The summed E-state index contributed by atoms with van der Waals surface area (Å²) in [6.45, 7) is -0.261. The molecule has 34 heavy (non-hydrogen) atoms. The Morgan fingerprint density at radius 3 is 2.68 bits per heavy atom. The van der Waals surface area contributed by atoms with Gasteiger partial charge in [0.1, 0.15) is 11.5 Å². The third-order valence-electron chi connectivity index (χ3n) is 8.55. The fourth-order valence-electron chi connectivity index (χ4n) is 6.82. The van der Waals surface area contributed by atoms with Crippen LogP contribution in [-0.4, -0.2) is 48.3 Å². The van der Waals surface area contributed by atoms with E-state index >= 15 is 0 Å². The molecule has 1 amide bonds. The molecule has 2 bridgehead atoms. The van der Waals surface area contributed by atoms with Crippen LogP contribution in [0.25, 0.3) is 10.9 Å². The van der Waals surface area contributed by atoms with E-state index in [0.717, 1.165) is 32.1 Å². The first-order valence-electron chi connectivity index (χ1n) is 11.9. The molecule has 0 spiro atoms. The van der Waals surface area contributed by atoms with E-state index in [0.29, 0.717) is 34.2 Å². The van der Waals surface area contributed by atoms with E-state index in [1.54, 1.807) is 35.4 Å². The number of hydrogen-bond acceptors (Lipinski definition) is 5. The number of benzene rings is 1. The quantitative estimate of drug-likeness (QED) is 0.717. The van der Waals surface area contributed by atoms with E-state index in [1.807, 2.05) is 0 Å². The van der Waals surface area contributed by atoms with Crippen LogP contribution >= 0.6 is 0 Å². The first-order chi connectivity index (χ1) is 16.3. The highest BCUT2D eigenvalue weighted by atomic mass is 19.4. The first kappa shape index (κ1) is 21.7. The SMILES string of the molecule is N#Cc1ccc(N2CC3(C(=O)NC4CC5CCCC(C4)N5)CC3(C(F)(F)F)C2)c2cccnc12. The van der Waals surface area contributed by atoms with Crippen molar-refractivity contribution in [2.24, 2.45) is 10.8 Å². The molecule has 178 valence electrons. The summed E-state index contributed by atoms with van der Waals surface area (Å²) in [7, 11) is 0. The molecule has 6 nitrogen and oxygen atoms in total. The maximum atomic E-state index is 14.4. The Labute approximate surface area is 195 Å². The van der Waals surface area contributed by atoms with Crippen LogP contribution in [0.2, 0.25) is 0 Å². The third kappa shape index (κ3) is 3.04. The highest BCUT2D eigenvalue weighted by Gasteiger charge is 2.86. The van der Waals surface area contributed by atoms with Gasteiger partial charge >= 0.3 is 6.18 Å². The molecule has 3 aliphatic heterocycles. The predicted molar refractivity (Wildman–Crippen MR) is 120 cm³/mol. The Morgan fingerprint density at radius 1 is 1.21 bits per heavy atom. The number of nitrogens with zero attached hydrogens (tertiary/aromatic N) is 3. The smallest absolute Gasteiger partial charge is 0.369 e. The number of alkyl halides is 3. The molecule has 2 N–H and O–H groups in total. The molecule has 6 rings (SSSR count). The van der Waals surface area contributed by atoms with Crippen LogP contribution in [0.4, 0.5) is 18.9 Å². The van der Waals surface area contributed by atoms with Gasteiger partial charge in [0.25, 0.3) is 0 Å². The number of fused-ring (bicyclic) bond motifs is 4. The van der Waals surface area contributed by atoms with Crippen molar-refractivity contribution < 1.29 is 18.0 Å². The van der Waals surface area contributed by atoms with Gasteiger partial charge in [-0.25, -0.2) is 0 Å². The first-order valence-corrected chi connectivity index (χ1v) is 11.9. The molecule has 1 aliphatic carbocycles. The number of hydrogen-bond donors (Lipinski definition) is 2. The molecule has 2 aromatic rings. The Morgan fingerprint density at radius 2 is 1.97 bits per heavy atom. The Bertz CT molecular complexity index is 1200. The van der Waals surface area contributed by atoms with Crippen molar-refractivity contribution in [3.63, 3.8) is 0 Å². The number of carbonyl (C=O) groups excluding carboxylic acids is 1. The molecule has 4 heterocycles. The standard InChI is InChI=1S/C25H26F3N5O/c26-25(27,28)24-12-23(24,22(34)32-18-9-16-3-1-4-17(10-18)31-16)13-33(14-24)20-7-6-15(11-29)21-19(20)5-2-8-30-21/h2,5-8,16-18,31H,1,3-4,9-10,12-14H2,(H,32,34). The van der Waals surface area contributed by atoms with E-state index in [-0.39, 0.29) is 25.6 Å². The van der Waals surface area contributed by atoms with Gasteiger partial charge in [0.05, 0.1) is 16.5 Å². The van der Waals surface area contributed by atoms with Gasteiger partial charge in [-0.1, -0.05) is 6.42 Å². The lowest BCUT2D eigenvalue weighted by Gasteiger charge is -2.41. The summed E-state index contributed by atoms with van der Waals surface area (Å²) in [5.74, 6) is -0.464. The Hall–Kier alpha value is -2.86. The third-order valence-corrected chi connectivity index (χ3v) is 8.55. The lowest BCUT2D eigenvalue weighted by atomic mass is 9.83. The van der Waals surface area contributed by atoms with Gasteiger partial charge in [-0.2, -0.15) is 18.4 Å². The molecular formula is C25H26F3N5O. The van der Waals surface area contributed by atoms with Gasteiger partial charge in [-0.05, 0) is 56.4 Å². The summed E-state index contributed by atoms with van der Waals surface area (Å²) < 4.78 is 43.2. The van der Waals surface area contributed by atoms with Gasteiger partial charge < -0.3 is 15.5 Å². The van der Waals surface area contributed by atoms with Crippen molar-refractivity contribution in [1.29, 1.82) is 5.26 Å². The number of pyridine rings is 1. The number of rotatable bonds is 3. The average Bonchev–Trinajstić information content (AvgIpc) is 3.35. The number of amides is 1. The number of anilines is 1. The lowest BCUT2D eigenvalue weighted by molar-refractivity contribution is -0.191. The molecule has 1 aromatic heterocycles. The second-order valence-corrected chi connectivity index (χ2v) is 10.5. The molecule has 1 aromatic carbocycles. The normalized spacial score (nSPS) is 34.4. The van der Waals surface area contributed by atoms with Crippen molar-refractivity contribution in [1.82, 2.24) is 15.6 Å². The predicted octanol–water partition coefficient (Wildman–Crippen LogP) is 3.65. The molecule has 4 atom stereocenters. The zero-order chi connectivity index (χ0) is 23.7. The van der Waals surface area contributed by atoms with Gasteiger partial charge in [-0.3, -0.25) is 9.78 Å². The van der Waals surface area contributed by atoms with Crippen LogP contribution in [0.1, 0.15) is 44.1 Å². The zero-order valence-electron chi connectivity index (χ0n) is 18.7. The summed E-state index contributed by atoms with van der Waals surface area (Å²) in [5, 5.41) is 16.6. The number of piperidine rings is 3. The Balaban J connectivity index is 1.31. The number of nitrogens with one attached hydrogen (secondary N) is 2. The summed E-state index contributed by atoms with van der Waals surface area (Å²) in [6, 6.07) is 9.42. The maximum Gasteiger partial charge on any atom is 0.397 e. The summed E-state index contributed by atoms with van der Waals surface area (Å²) >= 11 is 0. The lowest BCUT2D eigenvalue weighted by Crippen LogP contribution is -2.56. The van der Waals surface area contributed by atoms with Crippen LogP contribution in [0.5, 0.6) is 0 Å². The van der Waals surface area contributed by atoms with Crippen molar-refractivity contribution in [2.75, 3.05) is 18.0 Å². The summed E-state index contributed by atoms with van der Waals surface area (Å²) in [5.41, 5.74) is -2.10. The minimum atomic E-state index is -4.48. The highest BCUT2D eigenvalue weighted by molar-refractivity contribution is 5.97. The number of halogens is 3. The number of nitriles is 1. The minimum Gasteiger partial charge on any atom is -0.369 e. The van der Waals surface area contributed by atoms with Crippen molar-refractivity contribution >= 4 is 22.5 Å². The molecule has 4 aliphatic rings. The maximum absolute atomic E-state index is 14.4. The van der Waals surface area contributed by atoms with E-state index < -0.39 is 22.9 Å². The zero-order valence-corrected chi connectivity index (χ0v) is 18.7. The Kier molecular flexibility index (Phi) is 4.66. The van der Waals surface area contributed by atoms with E-state index in [1.165, 1.54) is 0 Å². The number of carbonyl (C=O) groups is 1. The van der Waals surface area contributed by atoms with Gasteiger partial charge in [0.2, 0.25) is 5.91 Å². The molecule has 1 saturated carbocycles. The second kappa shape index (κ2) is 7.32. The summed E-state index contributed by atoms with van der Waals surface area (Å²) in [4.78, 5) is 19.4. The molecule has 4 unspecified atom stereocenters. The van der Waals surface area contributed by atoms with E-state index in [9.17, 15) is 23.2 Å². The minimum absolute atomic E-state index is 0.00602. The largest absolute Gasteiger partial charge is 0.397 e. The van der Waals surface area contributed by atoms with E-state index in [4.69, 9.17) is 0 Å². The number of aromatic nitrogens is 1.